The molecule has 2 N–H and O–H groups in total. The third kappa shape index (κ3) is 4.87. The van der Waals surface area contributed by atoms with Crippen LogP contribution in [0, 0.1) is 0 Å². The van der Waals surface area contributed by atoms with Gasteiger partial charge in [0.15, 0.2) is 5.78 Å². The number of tetrazole rings is 1. The van der Waals surface area contributed by atoms with Gasteiger partial charge in [-0.1, -0.05) is 11.8 Å². The lowest BCUT2D eigenvalue weighted by Crippen LogP contribution is -2.15. The fraction of sp³-hybridized carbons (Fsp3) is 0.176. The molecule has 146 valence electrons. The number of hydrogen-bond acceptors (Lipinski definition) is 8. The van der Waals surface area contributed by atoms with Crippen LogP contribution in [0.25, 0.3) is 5.69 Å². The summed E-state index contributed by atoms with van der Waals surface area (Å²) in [6, 6.07) is 12.6. The molecule has 1 atom stereocenters. The number of nitrogens with zero attached hydrogens (tertiary/aromatic N) is 4. The van der Waals surface area contributed by atoms with E-state index in [1.54, 1.807) is 31.2 Å². The van der Waals surface area contributed by atoms with Crippen molar-refractivity contribution < 1.29 is 18.3 Å². The Labute approximate surface area is 165 Å². The molecule has 2 aromatic carbocycles. The number of rotatable bonds is 7. The highest BCUT2D eigenvalue weighted by Crippen LogP contribution is 2.26. The first-order chi connectivity index (χ1) is 13.2. The second-order valence-electron chi connectivity index (χ2n) is 5.97. The molecule has 1 aromatic heterocycles. The van der Waals surface area contributed by atoms with Gasteiger partial charge >= 0.3 is 0 Å². The first-order valence-corrected chi connectivity index (χ1v) is 10.9. The summed E-state index contributed by atoms with van der Waals surface area (Å²) in [6.07, 6.45) is 1.06. The van der Waals surface area contributed by atoms with E-state index in [1.807, 2.05) is 0 Å². The SMILES string of the molecule is CC(Sc1nnnn1-c1ccc(O)cc1)C(=O)c1ccc(NS(C)(=O)=O)cc1. The Morgan fingerprint density at radius 1 is 1.14 bits per heavy atom. The molecule has 1 heterocycles. The van der Waals surface area contributed by atoms with Gasteiger partial charge in [-0.2, -0.15) is 4.68 Å². The van der Waals surface area contributed by atoms with Crippen LogP contribution in [-0.2, 0) is 10.0 Å². The quantitative estimate of drug-likeness (QED) is 0.440. The van der Waals surface area contributed by atoms with Gasteiger partial charge in [-0.05, 0) is 65.9 Å². The second-order valence-corrected chi connectivity index (χ2v) is 9.02. The van der Waals surface area contributed by atoms with Gasteiger partial charge in [0.05, 0.1) is 17.2 Å². The number of anilines is 1. The maximum atomic E-state index is 12.7. The number of aromatic hydroxyl groups is 1. The van der Waals surface area contributed by atoms with Gasteiger partial charge < -0.3 is 5.11 Å². The Hall–Kier alpha value is -2.92. The van der Waals surface area contributed by atoms with Crippen molar-refractivity contribution in [3.05, 3.63) is 54.1 Å². The first-order valence-electron chi connectivity index (χ1n) is 8.09. The van der Waals surface area contributed by atoms with Gasteiger partial charge in [-0.3, -0.25) is 9.52 Å². The molecular formula is C17H17N5O4S2. The fourth-order valence-electron chi connectivity index (χ4n) is 2.37. The maximum Gasteiger partial charge on any atom is 0.229 e. The Balaban J connectivity index is 1.73. The van der Waals surface area contributed by atoms with Crippen LogP contribution in [-0.4, -0.2) is 51.0 Å². The van der Waals surface area contributed by atoms with Crippen LogP contribution >= 0.6 is 11.8 Å². The monoisotopic (exact) mass is 419 g/mol. The summed E-state index contributed by atoms with van der Waals surface area (Å²) in [7, 11) is -3.37. The van der Waals surface area contributed by atoms with Crippen molar-refractivity contribution in [2.24, 2.45) is 0 Å². The van der Waals surface area contributed by atoms with E-state index in [2.05, 4.69) is 20.2 Å². The van der Waals surface area contributed by atoms with Crippen molar-refractivity contribution in [2.45, 2.75) is 17.3 Å². The van der Waals surface area contributed by atoms with Crippen LogP contribution in [0.1, 0.15) is 17.3 Å². The summed E-state index contributed by atoms with van der Waals surface area (Å²) in [6.45, 7) is 1.74. The van der Waals surface area contributed by atoms with Crippen LogP contribution in [0.2, 0.25) is 0 Å². The lowest BCUT2D eigenvalue weighted by molar-refractivity contribution is 0.0994. The Bertz CT molecular complexity index is 1080. The number of Topliss-reactive ketones (excluding diaryl/α,β-unsaturated/α-hetero) is 1. The molecule has 11 heteroatoms. The smallest absolute Gasteiger partial charge is 0.229 e. The normalized spacial score (nSPS) is 12.5. The largest absolute Gasteiger partial charge is 0.508 e. The summed E-state index contributed by atoms with van der Waals surface area (Å²) in [5, 5.41) is 20.9. The van der Waals surface area contributed by atoms with Crippen molar-refractivity contribution in [1.82, 2.24) is 20.2 Å². The summed E-state index contributed by atoms with van der Waals surface area (Å²) in [5.41, 5.74) is 1.49. The molecule has 0 aliphatic carbocycles. The van der Waals surface area contributed by atoms with E-state index >= 15 is 0 Å². The molecule has 0 amide bonds. The summed E-state index contributed by atoms with van der Waals surface area (Å²) in [4.78, 5) is 12.7. The second kappa shape index (κ2) is 7.98. The van der Waals surface area contributed by atoms with Gasteiger partial charge in [-0.15, -0.1) is 5.10 Å². The fourth-order valence-corrected chi connectivity index (χ4v) is 3.82. The standard InChI is InChI=1S/C17H17N5O4S2/c1-11(16(24)12-3-5-13(6-4-12)19-28(2,25)26)27-17-18-20-21-22(17)14-7-9-15(23)10-8-14/h3-11,19,23H,1-2H3. The molecule has 9 nitrogen and oxygen atoms in total. The molecule has 0 saturated heterocycles. The lowest BCUT2D eigenvalue weighted by atomic mass is 10.1. The molecule has 0 bridgehead atoms. The minimum absolute atomic E-state index is 0.128. The average Bonchev–Trinajstić information content (AvgIpc) is 3.09. The minimum atomic E-state index is -3.37. The Kier molecular flexibility index (Phi) is 5.66. The lowest BCUT2D eigenvalue weighted by Gasteiger charge is -2.11. The number of thioether (sulfide) groups is 1. The highest BCUT2D eigenvalue weighted by Gasteiger charge is 2.20. The van der Waals surface area contributed by atoms with Crippen LogP contribution in [0.3, 0.4) is 0 Å². The number of sulfonamides is 1. The number of carbonyl (C=O) groups is 1. The third-order valence-electron chi connectivity index (χ3n) is 3.66. The van der Waals surface area contributed by atoms with Crippen molar-refractivity contribution in [2.75, 3.05) is 11.0 Å². The number of aromatic nitrogens is 4. The number of hydrogen-bond donors (Lipinski definition) is 2. The third-order valence-corrected chi connectivity index (χ3v) is 5.30. The van der Waals surface area contributed by atoms with Gasteiger partial charge in [0.2, 0.25) is 15.2 Å². The molecule has 28 heavy (non-hydrogen) atoms. The average molecular weight is 419 g/mol. The molecule has 0 saturated carbocycles. The van der Waals surface area contributed by atoms with Gasteiger partial charge in [0.25, 0.3) is 0 Å². The topological polar surface area (TPSA) is 127 Å². The highest BCUT2D eigenvalue weighted by atomic mass is 32.2. The van der Waals surface area contributed by atoms with E-state index in [4.69, 9.17) is 0 Å². The first kappa shape index (κ1) is 19.8. The predicted octanol–water partition coefficient (Wildman–Crippen LogP) is 2.10. The van der Waals surface area contributed by atoms with Crippen LogP contribution in [0.15, 0.2) is 53.7 Å². The summed E-state index contributed by atoms with van der Waals surface area (Å²) in [5.74, 6) is -0.0143. The van der Waals surface area contributed by atoms with E-state index in [9.17, 15) is 18.3 Å². The van der Waals surface area contributed by atoms with Gasteiger partial charge in [0, 0.05) is 11.3 Å². The minimum Gasteiger partial charge on any atom is -0.508 e. The Morgan fingerprint density at radius 3 is 2.39 bits per heavy atom. The van der Waals surface area contributed by atoms with Crippen LogP contribution in [0.4, 0.5) is 5.69 Å². The Morgan fingerprint density at radius 2 is 1.79 bits per heavy atom. The van der Waals surface area contributed by atoms with Crippen molar-refractivity contribution in [1.29, 1.82) is 0 Å². The van der Waals surface area contributed by atoms with E-state index in [0.717, 1.165) is 6.26 Å². The van der Waals surface area contributed by atoms with E-state index in [-0.39, 0.29) is 11.5 Å². The summed E-state index contributed by atoms with van der Waals surface area (Å²) >= 11 is 1.20. The number of phenols is 1. The molecule has 0 aliphatic rings. The zero-order chi connectivity index (χ0) is 20.3. The number of ketones is 1. The molecule has 3 aromatic rings. The summed E-state index contributed by atoms with van der Waals surface area (Å²) < 4.78 is 26.3. The molecule has 0 fully saturated rings. The van der Waals surface area contributed by atoms with E-state index < -0.39 is 15.3 Å². The van der Waals surface area contributed by atoms with Crippen molar-refractivity contribution in [3.8, 4) is 11.4 Å². The van der Waals surface area contributed by atoms with Crippen molar-refractivity contribution >= 4 is 33.3 Å². The zero-order valence-electron chi connectivity index (χ0n) is 15.0. The number of phenolic OH excluding ortho intramolecular Hbond substituents is 1. The highest BCUT2D eigenvalue weighted by molar-refractivity contribution is 8.00. The van der Waals surface area contributed by atoms with Crippen LogP contribution in [0.5, 0.6) is 5.75 Å². The molecule has 0 spiro atoms. The van der Waals surface area contributed by atoms with E-state index in [0.29, 0.717) is 22.1 Å². The zero-order valence-corrected chi connectivity index (χ0v) is 16.6. The molecule has 3 rings (SSSR count). The predicted molar refractivity (Wildman–Crippen MR) is 105 cm³/mol. The van der Waals surface area contributed by atoms with E-state index in [1.165, 1.54) is 40.7 Å². The molecular weight excluding hydrogens is 402 g/mol. The molecule has 1 unspecified atom stereocenters. The molecule has 0 aliphatic heterocycles. The number of carbonyl (C=O) groups excluding carboxylic acids is 1. The molecule has 0 radical (unpaired) electrons. The number of benzene rings is 2. The van der Waals surface area contributed by atoms with Gasteiger partial charge in [0.1, 0.15) is 5.75 Å². The maximum absolute atomic E-state index is 12.7. The van der Waals surface area contributed by atoms with Gasteiger partial charge in [-0.25, -0.2) is 8.42 Å². The van der Waals surface area contributed by atoms with Crippen molar-refractivity contribution in [3.63, 3.8) is 0 Å². The van der Waals surface area contributed by atoms with Crippen LogP contribution < -0.4 is 4.72 Å². The number of nitrogens with one attached hydrogen (secondary N) is 1.